The van der Waals surface area contributed by atoms with Crippen LogP contribution in [-0.4, -0.2) is 22.4 Å². The van der Waals surface area contributed by atoms with Crippen molar-refractivity contribution in [3.8, 4) is 16.9 Å². The molecular formula is C15H19N3O3. The van der Waals surface area contributed by atoms with Gasteiger partial charge in [-0.2, -0.15) is 0 Å². The van der Waals surface area contributed by atoms with Crippen molar-refractivity contribution in [3.63, 3.8) is 0 Å². The fourth-order valence-electron chi connectivity index (χ4n) is 2.43. The molecule has 6 nitrogen and oxygen atoms in total. The number of hydrogen-bond acceptors (Lipinski definition) is 4. The lowest BCUT2D eigenvalue weighted by Gasteiger charge is -2.12. The third kappa shape index (κ3) is 2.33. The van der Waals surface area contributed by atoms with Crippen LogP contribution in [0.3, 0.4) is 0 Å². The van der Waals surface area contributed by atoms with Crippen LogP contribution < -0.4 is 16.0 Å². The van der Waals surface area contributed by atoms with Gasteiger partial charge in [0.15, 0.2) is 0 Å². The number of anilines is 1. The predicted octanol–water partition coefficient (Wildman–Crippen LogP) is 2.15. The van der Waals surface area contributed by atoms with Crippen molar-refractivity contribution >= 4 is 11.7 Å². The lowest BCUT2D eigenvalue weighted by molar-refractivity contribution is 0.0899. The van der Waals surface area contributed by atoms with Gasteiger partial charge in [0.1, 0.15) is 11.6 Å². The fraction of sp³-hybridized carbons (Fsp3) is 0.333. The van der Waals surface area contributed by atoms with Gasteiger partial charge in [-0.15, -0.1) is 0 Å². The summed E-state index contributed by atoms with van der Waals surface area (Å²) in [6, 6.07) is 6.91. The Kier molecular flexibility index (Phi) is 3.88. The normalized spacial score (nSPS) is 10.9. The van der Waals surface area contributed by atoms with E-state index >= 15 is 0 Å². The Bertz CT molecular complexity index is 741. The molecule has 1 aromatic heterocycles. The van der Waals surface area contributed by atoms with E-state index in [0.717, 1.165) is 0 Å². The molecule has 0 saturated heterocycles. The Morgan fingerprint density at radius 2 is 1.90 bits per heavy atom. The Balaban J connectivity index is 2.86. The number of para-hydroxylation sites is 1. The van der Waals surface area contributed by atoms with Crippen LogP contribution in [0.1, 0.15) is 31.6 Å². The van der Waals surface area contributed by atoms with Crippen molar-refractivity contribution in [2.75, 3.05) is 12.8 Å². The maximum Gasteiger partial charge on any atom is 0.277 e. The molecule has 0 radical (unpaired) electrons. The molecular weight excluding hydrogens is 270 g/mol. The number of hydrogen-bond donors (Lipinski definition) is 1. The molecule has 21 heavy (non-hydrogen) atoms. The van der Waals surface area contributed by atoms with Crippen molar-refractivity contribution in [2.24, 2.45) is 0 Å². The van der Waals surface area contributed by atoms with E-state index in [9.17, 15) is 9.59 Å². The van der Waals surface area contributed by atoms with Crippen molar-refractivity contribution < 1.29 is 9.53 Å². The Morgan fingerprint density at radius 1 is 1.29 bits per heavy atom. The van der Waals surface area contributed by atoms with Crippen LogP contribution >= 0.6 is 0 Å². The minimum atomic E-state index is -0.306. The highest BCUT2D eigenvalue weighted by Gasteiger charge is 2.24. The number of nitrogens with zero attached hydrogens (tertiary/aromatic N) is 2. The van der Waals surface area contributed by atoms with Crippen LogP contribution in [0, 0.1) is 0 Å². The lowest BCUT2D eigenvalue weighted by Crippen LogP contribution is -2.28. The van der Waals surface area contributed by atoms with Crippen LogP contribution in [0.15, 0.2) is 29.1 Å². The molecule has 0 aliphatic rings. The molecule has 0 aliphatic carbocycles. The summed E-state index contributed by atoms with van der Waals surface area (Å²) in [5.41, 5.74) is 6.63. The summed E-state index contributed by atoms with van der Waals surface area (Å²) < 4.78 is 7.86. The molecule has 0 fully saturated rings. The first-order valence-electron chi connectivity index (χ1n) is 6.67. The number of carbonyl (C=O) groups is 1. The molecule has 0 amide bonds. The number of ether oxygens (including phenoxy) is 1. The molecule has 1 aromatic carbocycles. The van der Waals surface area contributed by atoms with E-state index in [2.05, 4.69) is 0 Å². The maximum atomic E-state index is 12.7. The summed E-state index contributed by atoms with van der Waals surface area (Å²) in [7, 11) is 1.53. The highest BCUT2D eigenvalue weighted by molar-refractivity contribution is 5.86. The quantitative estimate of drug-likeness (QED) is 0.939. The molecule has 0 aliphatic heterocycles. The smallest absolute Gasteiger partial charge is 0.277 e. The summed E-state index contributed by atoms with van der Waals surface area (Å²) in [5.74, 6) is 0.364. The highest BCUT2D eigenvalue weighted by atomic mass is 16.5. The van der Waals surface area contributed by atoms with Gasteiger partial charge in [0.25, 0.3) is 5.56 Å². The van der Waals surface area contributed by atoms with Crippen LogP contribution in [0.4, 0.5) is 5.82 Å². The van der Waals surface area contributed by atoms with E-state index in [1.807, 2.05) is 19.9 Å². The molecule has 112 valence electrons. The third-order valence-corrected chi connectivity index (χ3v) is 3.29. The number of nitrogen functional groups attached to an aromatic ring is 1. The average molecular weight is 289 g/mol. The zero-order chi connectivity index (χ0) is 15.7. The topological polar surface area (TPSA) is 79.2 Å². The van der Waals surface area contributed by atoms with Crippen LogP contribution in [0.25, 0.3) is 11.1 Å². The number of aromatic nitrogens is 2. The van der Waals surface area contributed by atoms with Crippen molar-refractivity contribution in [2.45, 2.75) is 26.8 Å². The molecule has 0 atom stereocenters. The Morgan fingerprint density at radius 3 is 2.38 bits per heavy atom. The number of carbonyl (C=O) groups excluding carboxylic acids is 1. The lowest BCUT2D eigenvalue weighted by atomic mass is 10.1. The van der Waals surface area contributed by atoms with Gasteiger partial charge in [-0.25, -0.2) is 9.36 Å². The van der Waals surface area contributed by atoms with Crippen molar-refractivity contribution in [3.05, 3.63) is 34.6 Å². The van der Waals surface area contributed by atoms with Gasteiger partial charge >= 0.3 is 0 Å². The molecule has 2 N–H and O–H groups in total. The number of benzene rings is 1. The number of rotatable bonds is 3. The van der Waals surface area contributed by atoms with Gasteiger partial charge < -0.3 is 10.5 Å². The zero-order valence-corrected chi connectivity index (χ0v) is 12.6. The first-order chi connectivity index (χ1) is 9.90. The predicted molar refractivity (Wildman–Crippen MR) is 81.8 cm³/mol. The van der Waals surface area contributed by atoms with E-state index in [1.165, 1.54) is 23.4 Å². The van der Waals surface area contributed by atoms with E-state index in [0.29, 0.717) is 11.3 Å². The Labute approximate surface area is 122 Å². The summed E-state index contributed by atoms with van der Waals surface area (Å²) in [6.07, 6.45) is 0. The van der Waals surface area contributed by atoms with E-state index in [4.69, 9.17) is 10.5 Å². The molecule has 2 aromatic rings. The first-order valence-corrected chi connectivity index (χ1v) is 6.67. The van der Waals surface area contributed by atoms with Crippen molar-refractivity contribution in [1.29, 1.82) is 0 Å². The van der Waals surface area contributed by atoms with Crippen LogP contribution in [-0.2, 0) is 0 Å². The van der Waals surface area contributed by atoms with Gasteiger partial charge in [-0.3, -0.25) is 9.59 Å². The minimum absolute atomic E-state index is 0.130. The summed E-state index contributed by atoms with van der Waals surface area (Å²) in [4.78, 5) is 24.5. The summed E-state index contributed by atoms with van der Waals surface area (Å²) in [6.45, 7) is 5.03. The van der Waals surface area contributed by atoms with Gasteiger partial charge in [0.2, 0.25) is 5.91 Å². The minimum Gasteiger partial charge on any atom is -0.496 e. The second kappa shape index (κ2) is 5.47. The maximum absolute atomic E-state index is 12.7. The molecule has 2 rings (SSSR count). The largest absolute Gasteiger partial charge is 0.496 e. The first kappa shape index (κ1) is 14.9. The molecule has 0 saturated carbocycles. The molecule has 0 spiro atoms. The van der Waals surface area contributed by atoms with E-state index in [1.54, 1.807) is 18.2 Å². The van der Waals surface area contributed by atoms with Crippen LogP contribution in [0.5, 0.6) is 5.75 Å². The van der Waals surface area contributed by atoms with Crippen molar-refractivity contribution in [1.82, 2.24) is 9.36 Å². The second-order valence-corrected chi connectivity index (χ2v) is 5.03. The van der Waals surface area contributed by atoms with Gasteiger partial charge in [-0.1, -0.05) is 18.2 Å². The summed E-state index contributed by atoms with van der Waals surface area (Å²) >= 11 is 0. The van der Waals surface area contributed by atoms with E-state index < -0.39 is 0 Å². The second-order valence-electron chi connectivity index (χ2n) is 5.03. The Hall–Kier alpha value is -2.50. The molecule has 0 bridgehead atoms. The highest BCUT2D eigenvalue weighted by Crippen LogP contribution is 2.32. The van der Waals surface area contributed by atoms with Gasteiger partial charge in [0.05, 0.1) is 12.7 Å². The number of nitrogens with two attached hydrogens (primary N) is 1. The average Bonchev–Trinajstić information content (AvgIpc) is 2.70. The SMILES string of the molecule is COc1ccccc1-c1c(N)n(C(C)=O)n(C(C)C)c1=O. The third-order valence-electron chi connectivity index (χ3n) is 3.29. The summed E-state index contributed by atoms with van der Waals surface area (Å²) in [5, 5.41) is 0. The standard InChI is InChI=1S/C15H19N3O3/c1-9(2)17-15(20)13(14(16)18(17)10(3)19)11-7-5-6-8-12(11)21-4/h5-9H,16H2,1-4H3. The fourth-order valence-corrected chi connectivity index (χ4v) is 2.43. The zero-order valence-electron chi connectivity index (χ0n) is 12.6. The molecule has 1 heterocycles. The number of methoxy groups -OCH3 is 1. The molecule has 0 unspecified atom stereocenters. The molecule has 6 heteroatoms. The van der Waals surface area contributed by atoms with Gasteiger partial charge in [-0.05, 0) is 19.9 Å². The monoisotopic (exact) mass is 289 g/mol. The van der Waals surface area contributed by atoms with Crippen LogP contribution in [0.2, 0.25) is 0 Å². The van der Waals surface area contributed by atoms with Gasteiger partial charge in [0, 0.05) is 18.5 Å². The van der Waals surface area contributed by atoms with E-state index in [-0.39, 0.29) is 28.9 Å².